The number of amides is 1. The van der Waals surface area contributed by atoms with Crippen molar-refractivity contribution in [1.82, 2.24) is 35.1 Å². The fourth-order valence-electron chi connectivity index (χ4n) is 4.79. The Morgan fingerprint density at radius 2 is 1.87 bits per heavy atom. The van der Waals surface area contributed by atoms with Gasteiger partial charge in [0.1, 0.15) is 5.69 Å². The minimum atomic E-state index is -1.02. The number of carbonyl (C=O) groups is 2. The van der Waals surface area contributed by atoms with Gasteiger partial charge in [-0.15, -0.1) is 5.10 Å². The molecule has 2 bridgehead atoms. The summed E-state index contributed by atoms with van der Waals surface area (Å²) in [6.07, 6.45) is 10.9. The highest BCUT2D eigenvalue weighted by Crippen LogP contribution is 2.54. The summed E-state index contributed by atoms with van der Waals surface area (Å²) in [6.45, 7) is 0. The Bertz CT molecular complexity index is 1120. The normalized spacial score (nSPS) is 24.8. The number of aromatic nitrogens is 6. The van der Waals surface area contributed by atoms with Crippen LogP contribution in [0.2, 0.25) is 0 Å². The minimum absolute atomic E-state index is 0.0946. The van der Waals surface area contributed by atoms with E-state index >= 15 is 0 Å². The van der Waals surface area contributed by atoms with Crippen molar-refractivity contribution in [1.29, 1.82) is 0 Å². The number of rotatable bonds is 5. The number of carboxylic acid groups (broad SMARTS) is 1. The number of nitrogens with one attached hydrogen (secondary N) is 1. The molecule has 1 amide bonds. The molecular formula is C20H21N7O3. The van der Waals surface area contributed by atoms with Crippen LogP contribution in [0.3, 0.4) is 0 Å². The molecule has 0 aromatic carbocycles. The molecule has 2 saturated carbocycles. The topological polar surface area (TPSA) is 128 Å². The average molecular weight is 407 g/mol. The van der Waals surface area contributed by atoms with Crippen LogP contribution in [0.1, 0.15) is 52.8 Å². The van der Waals surface area contributed by atoms with Gasteiger partial charge >= 0.3 is 5.97 Å². The third-order valence-electron chi connectivity index (χ3n) is 6.40. The summed E-state index contributed by atoms with van der Waals surface area (Å²) < 4.78 is 3.52. The Labute approximate surface area is 171 Å². The Morgan fingerprint density at radius 3 is 2.50 bits per heavy atom. The van der Waals surface area contributed by atoms with Gasteiger partial charge in [-0.05, 0) is 44.2 Å². The van der Waals surface area contributed by atoms with E-state index in [0.29, 0.717) is 17.0 Å². The number of pyridine rings is 1. The molecule has 3 aromatic rings. The molecule has 2 aliphatic carbocycles. The minimum Gasteiger partial charge on any atom is -0.478 e. The van der Waals surface area contributed by atoms with Crippen LogP contribution in [0.5, 0.6) is 0 Å². The summed E-state index contributed by atoms with van der Waals surface area (Å²) in [5.74, 6) is -1.11. The molecule has 10 heteroatoms. The lowest BCUT2D eigenvalue weighted by Crippen LogP contribution is -2.44. The molecule has 2 aliphatic rings. The van der Waals surface area contributed by atoms with Crippen molar-refractivity contribution in [3.8, 4) is 11.4 Å². The fourth-order valence-corrected chi connectivity index (χ4v) is 4.79. The maximum atomic E-state index is 12.7. The SMILES string of the molecule is Cn1cc(C(=O)NC23CCC(n4cc(-c5ccc(C(=O)O)cn5)nn4)(CC2)C3)cn1. The second-order valence-corrected chi connectivity index (χ2v) is 8.32. The van der Waals surface area contributed by atoms with Gasteiger partial charge in [0.2, 0.25) is 0 Å². The van der Waals surface area contributed by atoms with Gasteiger partial charge in [-0.3, -0.25) is 14.5 Å². The van der Waals surface area contributed by atoms with E-state index in [9.17, 15) is 9.59 Å². The quantitative estimate of drug-likeness (QED) is 0.658. The second kappa shape index (κ2) is 6.48. The second-order valence-electron chi connectivity index (χ2n) is 8.32. The molecule has 5 rings (SSSR count). The van der Waals surface area contributed by atoms with Crippen LogP contribution >= 0.6 is 0 Å². The molecule has 154 valence electrons. The van der Waals surface area contributed by atoms with Crippen LogP contribution in [0.4, 0.5) is 0 Å². The van der Waals surface area contributed by atoms with Crippen molar-refractivity contribution < 1.29 is 14.7 Å². The first-order chi connectivity index (χ1) is 14.4. The first-order valence-electron chi connectivity index (χ1n) is 9.82. The average Bonchev–Trinajstić information content (AvgIpc) is 3.51. The predicted molar refractivity (Wildman–Crippen MR) is 105 cm³/mol. The zero-order chi connectivity index (χ0) is 20.9. The van der Waals surface area contributed by atoms with E-state index in [1.807, 2.05) is 10.9 Å². The van der Waals surface area contributed by atoms with Crippen molar-refractivity contribution in [2.45, 2.75) is 43.2 Å². The van der Waals surface area contributed by atoms with E-state index in [0.717, 1.165) is 32.1 Å². The molecule has 0 atom stereocenters. The van der Waals surface area contributed by atoms with Crippen LogP contribution in [0.25, 0.3) is 11.4 Å². The van der Waals surface area contributed by atoms with Crippen molar-refractivity contribution in [3.05, 3.63) is 48.0 Å². The Hall–Kier alpha value is -3.56. The van der Waals surface area contributed by atoms with E-state index in [-0.39, 0.29) is 22.5 Å². The molecular weight excluding hydrogens is 386 g/mol. The Morgan fingerprint density at radius 1 is 1.07 bits per heavy atom. The van der Waals surface area contributed by atoms with Gasteiger partial charge in [0.15, 0.2) is 0 Å². The first kappa shape index (κ1) is 18.5. The Kier molecular flexibility index (Phi) is 3.99. The predicted octanol–water partition coefficient (Wildman–Crippen LogP) is 1.61. The molecule has 3 heterocycles. The summed E-state index contributed by atoms with van der Waals surface area (Å²) in [6, 6.07) is 3.14. The van der Waals surface area contributed by atoms with Crippen molar-refractivity contribution in [3.63, 3.8) is 0 Å². The highest BCUT2D eigenvalue weighted by molar-refractivity contribution is 5.94. The number of aromatic carboxylic acids is 1. The number of hydrogen-bond donors (Lipinski definition) is 2. The van der Waals surface area contributed by atoms with Crippen molar-refractivity contribution in [2.75, 3.05) is 0 Å². The van der Waals surface area contributed by atoms with Gasteiger partial charge in [-0.1, -0.05) is 5.21 Å². The van der Waals surface area contributed by atoms with Gasteiger partial charge in [0.05, 0.1) is 34.8 Å². The van der Waals surface area contributed by atoms with Gasteiger partial charge < -0.3 is 10.4 Å². The largest absolute Gasteiger partial charge is 0.478 e. The highest BCUT2D eigenvalue weighted by atomic mass is 16.4. The summed E-state index contributed by atoms with van der Waals surface area (Å²) in [4.78, 5) is 27.9. The zero-order valence-electron chi connectivity index (χ0n) is 16.4. The van der Waals surface area contributed by atoms with Crippen LogP contribution in [0, 0.1) is 0 Å². The third kappa shape index (κ3) is 2.95. The van der Waals surface area contributed by atoms with Gasteiger partial charge in [-0.25, -0.2) is 9.48 Å². The number of carbonyl (C=O) groups excluding carboxylic acids is 1. The summed E-state index contributed by atoms with van der Waals surface area (Å²) in [7, 11) is 1.79. The van der Waals surface area contributed by atoms with Crippen LogP contribution in [-0.2, 0) is 12.6 Å². The maximum Gasteiger partial charge on any atom is 0.337 e. The molecule has 0 unspecified atom stereocenters. The number of hydrogen-bond acceptors (Lipinski definition) is 6. The number of aryl methyl sites for hydroxylation is 1. The number of carboxylic acids is 1. The van der Waals surface area contributed by atoms with Crippen LogP contribution < -0.4 is 5.32 Å². The van der Waals surface area contributed by atoms with E-state index in [2.05, 4.69) is 25.7 Å². The molecule has 0 spiro atoms. The number of fused-ring (bicyclic) bond motifs is 2. The lowest BCUT2D eigenvalue weighted by molar-refractivity contribution is 0.0696. The van der Waals surface area contributed by atoms with Gasteiger partial charge in [0, 0.05) is 25.0 Å². The first-order valence-corrected chi connectivity index (χ1v) is 9.82. The molecule has 0 aliphatic heterocycles. The zero-order valence-corrected chi connectivity index (χ0v) is 16.4. The lowest BCUT2D eigenvalue weighted by atomic mass is 9.91. The molecule has 0 saturated heterocycles. The van der Waals surface area contributed by atoms with E-state index in [1.165, 1.54) is 12.3 Å². The smallest absolute Gasteiger partial charge is 0.337 e. The lowest BCUT2D eigenvalue weighted by Gasteiger charge is -2.28. The summed E-state index contributed by atoms with van der Waals surface area (Å²) in [5.41, 5.74) is 1.47. The maximum absolute atomic E-state index is 12.7. The fraction of sp³-hybridized carbons (Fsp3) is 0.400. The van der Waals surface area contributed by atoms with E-state index in [4.69, 9.17) is 5.11 Å². The van der Waals surface area contributed by atoms with Crippen LogP contribution in [0.15, 0.2) is 36.9 Å². The summed E-state index contributed by atoms with van der Waals surface area (Å²) in [5, 5.41) is 24.9. The summed E-state index contributed by atoms with van der Waals surface area (Å²) >= 11 is 0. The molecule has 2 fully saturated rings. The van der Waals surface area contributed by atoms with Crippen molar-refractivity contribution >= 4 is 11.9 Å². The molecule has 3 aromatic heterocycles. The van der Waals surface area contributed by atoms with Crippen molar-refractivity contribution in [2.24, 2.45) is 7.05 Å². The third-order valence-corrected chi connectivity index (χ3v) is 6.40. The van der Waals surface area contributed by atoms with Gasteiger partial charge in [-0.2, -0.15) is 5.10 Å². The van der Waals surface area contributed by atoms with E-state index in [1.54, 1.807) is 30.2 Å². The van der Waals surface area contributed by atoms with Crippen LogP contribution in [-0.4, -0.2) is 52.3 Å². The Balaban J connectivity index is 1.34. The molecule has 10 nitrogen and oxygen atoms in total. The standard InChI is InChI=1S/C20H21N7O3/c1-26-10-14(9-22-26)17(28)23-19-4-6-20(12-19,7-5-19)27-11-16(24-25-27)15-3-2-13(8-21-15)18(29)30/h2-3,8-11H,4-7,12H2,1H3,(H,23,28)(H,29,30). The number of nitrogens with zero attached hydrogens (tertiary/aromatic N) is 6. The highest BCUT2D eigenvalue weighted by Gasteiger charge is 2.56. The van der Waals surface area contributed by atoms with Gasteiger partial charge in [0.25, 0.3) is 5.91 Å². The molecule has 2 N–H and O–H groups in total. The van der Waals surface area contributed by atoms with E-state index < -0.39 is 5.97 Å². The molecule has 0 radical (unpaired) electrons. The molecule has 30 heavy (non-hydrogen) atoms. The monoisotopic (exact) mass is 407 g/mol.